The Morgan fingerprint density at radius 3 is 2.69 bits per heavy atom. The van der Waals surface area contributed by atoms with Gasteiger partial charge in [-0.3, -0.25) is 4.79 Å². The second kappa shape index (κ2) is 5.29. The summed E-state index contributed by atoms with van der Waals surface area (Å²) in [7, 11) is 0. The van der Waals surface area contributed by atoms with Crippen molar-refractivity contribution in [2.75, 3.05) is 0 Å². The van der Waals surface area contributed by atoms with Gasteiger partial charge in [0.25, 0.3) is 0 Å². The first-order valence-corrected chi connectivity index (χ1v) is 12.2. The molecule has 5 unspecified atom stereocenters. The fourth-order valence-electron chi connectivity index (χ4n) is 10.0. The second-order valence-corrected chi connectivity index (χ2v) is 11.6. The number of hydrogen-bond acceptors (Lipinski definition) is 4. The van der Waals surface area contributed by atoms with Crippen molar-refractivity contribution in [3.8, 4) is 0 Å². The van der Waals surface area contributed by atoms with Crippen LogP contribution >= 0.6 is 0 Å². The molecule has 6 fully saturated rings. The first-order valence-electron chi connectivity index (χ1n) is 12.2. The molecule has 0 aromatic carbocycles. The molecule has 6 aliphatic carbocycles. The van der Waals surface area contributed by atoms with Crippen molar-refractivity contribution in [3.05, 3.63) is 11.6 Å². The van der Waals surface area contributed by atoms with Crippen molar-refractivity contribution in [2.45, 2.75) is 83.2 Å². The SMILES string of the molecule is CC[C@]12CCC3C(CC4(CC4)C4=C/C(=N/O)CC[C@@H]43)C1C1CC1[C@@]21CCC(=O)O1. The van der Waals surface area contributed by atoms with Gasteiger partial charge in [0.15, 0.2) is 0 Å². The summed E-state index contributed by atoms with van der Waals surface area (Å²) in [5.74, 6) is 4.63. The van der Waals surface area contributed by atoms with E-state index in [4.69, 9.17) is 4.74 Å². The van der Waals surface area contributed by atoms with Gasteiger partial charge in [-0.2, -0.15) is 0 Å². The van der Waals surface area contributed by atoms with Crippen molar-refractivity contribution in [3.63, 3.8) is 0 Å². The van der Waals surface area contributed by atoms with Gasteiger partial charge in [-0.1, -0.05) is 17.7 Å². The summed E-state index contributed by atoms with van der Waals surface area (Å²) in [6.45, 7) is 2.39. The number of oxime groups is 1. The minimum atomic E-state index is -0.116. The maximum atomic E-state index is 12.3. The maximum absolute atomic E-state index is 12.3. The van der Waals surface area contributed by atoms with Gasteiger partial charge in [0.1, 0.15) is 5.60 Å². The summed E-state index contributed by atoms with van der Waals surface area (Å²) in [5, 5.41) is 13.0. The monoisotopic (exact) mass is 395 g/mol. The predicted octanol–water partition coefficient (Wildman–Crippen LogP) is 5.10. The molecule has 0 radical (unpaired) electrons. The molecule has 1 aliphatic heterocycles. The number of rotatable bonds is 1. The number of ether oxygens (including phenoxy) is 1. The van der Waals surface area contributed by atoms with E-state index in [2.05, 4.69) is 18.2 Å². The van der Waals surface area contributed by atoms with E-state index in [1.54, 1.807) is 5.57 Å². The lowest BCUT2D eigenvalue weighted by atomic mass is 9.46. The van der Waals surface area contributed by atoms with Gasteiger partial charge in [0.05, 0.1) is 5.71 Å². The van der Waals surface area contributed by atoms with Crippen LogP contribution in [0.4, 0.5) is 0 Å². The van der Waals surface area contributed by atoms with E-state index >= 15 is 0 Å². The molecular formula is C25H33NO3. The fourth-order valence-corrected chi connectivity index (χ4v) is 10.0. The van der Waals surface area contributed by atoms with Crippen molar-refractivity contribution < 1.29 is 14.7 Å². The lowest BCUT2D eigenvalue weighted by Crippen LogP contribution is -2.57. The third kappa shape index (κ3) is 1.89. The first-order chi connectivity index (χ1) is 14.1. The maximum Gasteiger partial charge on any atom is 0.306 e. The molecule has 2 spiro atoms. The lowest BCUT2D eigenvalue weighted by molar-refractivity contribution is -0.180. The Hall–Kier alpha value is -1.32. The molecule has 7 aliphatic rings. The molecule has 0 aromatic rings. The third-order valence-corrected chi connectivity index (χ3v) is 11.1. The van der Waals surface area contributed by atoms with E-state index in [0.29, 0.717) is 23.7 Å². The molecule has 0 amide bonds. The quantitative estimate of drug-likeness (QED) is 0.382. The van der Waals surface area contributed by atoms with Crippen LogP contribution in [0.2, 0.25) is 0 Å². The fraction of sp³-hybridized carbons (Fsp3) is 0.840. The molecule has 156 valence electrons. The lowest BCUT2D eigenvalue weighted by Gasteiger charge is -2.59. The normalized spacial score (nSPS) is 54.4. The number of allylic oxidation sites excluding steroid dienone is 2. The summed E-state index contributed by atoms with van der Waals surface area (Å²) < 4.78 is 6.32. The third-order valence-electron chi connectivity index (χ3n) is 11.1. The van der Waals surface area contributed by atoms with Crippen LogP contribution in [0.3, 0.4) is 0 Å². The number of esters is 1. The van der Waals surface area contributed by atoms with Crippen molar-refractivity contribution >= 4 is 11.7 Å². The van der Waals surface area contributed by atoms with Gasteiger partial charge in [0, 0.05) is 17.8 Å². The highest BCUT2D eigenvalue weighted by Crippen LogP contribution is 2.81. The van der Waals surface area contributed by atoms with E-state index in [0.717, 1.165) is 42.2 Å². The molecule has 0 aromatic heterocycles. The van der Waals surface area contributed by atoms with Crippen LogP contribution in [0, 0.1) is 46.3 Å². The highest BCUT2D eigenvalue weighted by Gasteiger charge is 2.80. The van der Waals surface area contributed by atoms with Crippen molar-refractivity contribution in [1.82, 2.24) is 0 Å². The Balaban J connectivity index is 1.31. The number of fused-ring (bicyclic) bond motifs is 10. The smallest absolute Gasteiger partial charge is 0.306 e. The zero-order valence-electron chi connectivity index (χ0n) is 17.5. The Morgan fingerprint density at radius 1 is 1.14 bits per heavy atom. The number of nitrogens with zero attached hydrogens (tertiary/aromatic N) is 1. The Kier molecular flexibility index (Phi) is 3.17. The Morgan fingerprint density at radius 2 is 2.00 bits per heavy atom. The summed E-state index contributed by atoms with van der Waals surface area (Å²) in [6.07, 6.45) is 15.1. The van der Waals surface area contributed by atoms with Crippen LogP contribution in [-0.2, 0) is 9.53 Å². The minimum Gasteiger partial charge on any atom is -0.458 e. The summed E-state index contributed by atoms with van der Waals surface area (Å²) in [6, 6.07) is 0. The molecule has 7 rings (SSSR count). The topological polar surface area (TPSA) is 58.9 Å². The molecule has 1 saturated heterocycles. The highest BCUT2D eigenvalue weighted by molar-refractivity contribution is 5.96. The van der Waals surface area contributed by atoms with Crippen LogP contribution < -0.4 is 0 Å². The van der Waals surface area contributed by atoms with Crippen LogP contribution in [0.1, 0.15) is 77.6 Å². The molecule has 1 heterocycles. The van der Waals surface area contributed by atoms with Gasteiger partial charge in [-0.05, 0) is 105 Å². The van der Waals surface area contributed by atoms with Gasteiger partial charge in [0.2, 0.25) is 0 Å². The van der Waals surface area contributed by atoms with Crippen LogP contribution in [0.15, 0.2) is 16.8 Å². The molecule has 0 bridgehead atoms. The number of carbonyl (C=O) groups is 1. The highest BCUT2D eigenvalue weighted by atomic mass is 16.6. The van der Waals surface area contributed by atoms with E-state index in [9.17, 15) is 10.0 Å². The number of carbonyl (C=O) groups excluding carboxylic acids is 1. The Labute approximate surface area is 173 Å². The molecule has 29 heavy (non-hydrogen) atoms. The van der Waals surface area contributed by atoms with Crippen LogP contribution in [0.5, 0.6) is 0 Å². The summed E-state index contributed by atoms with van der Waals surface area (Å²) >= 11 is 0. The van der Waals surface area contributed by atoms with Gasteiger partial charge < -0.3 is 9.94 Å². The standard InChI is InChI=1S/C25H33NO3/c1-2-24-7-5-15-16-4-3-14(26-28)11-19(16)23(9-10-23)13-18(15)22(24)17-12-20(17)25(24)8-6-21(27)29-25/h11,15-18,20,22,28H,2-10,12-13H2,1H3/b26-14+/t15?,16-,17?,18?,20?,22?,24+,25+/m1/s1. The molecular weight excluding hydrogens is 362 g/mol. The summed E-state index contributed by atoms with van der Waals surface area (Å²) in [5.41, 5.74) is 3.09. The zero-order chi connectivity index (χ0) is 19.6. The van der Waals surface area contributed by atoms with Crippen LogP contribution in [0.25, 0.3) is 0 Å². The van der Waals surface area contributed by atoms with Gasteiger partial charge >= 0.3 is 5.97 Å². The predicted molar refractivity (Wildman–Crippen MR) is 108 cm³/mol. The van der Waals surface area contributed by atoms with E-state index < -0.39 is 0 Å². The van der Waals surface area contributed by atoms with Gasteiger partial charge in [-0.15, -0.1) is 0 Å². The average molecular weight is 396 g/mol. The van der Waals surface area contributed by atoms with E-state index in [1.807, 2.05) is 0 Å². The van der Waals surface area contributed by atoms with Gasteiger partial charge in [-0.25, -0.2) is 0 Å². The number of hydrogen-bond donors (Lipinski definition) is 1. The minimum absolute atomic E-state index is 0.0712. The molecule has 1 N–H and O–H groups in total. The summed E-state index contributed by atoms with van der Waals surface area (Å²) in [4.78, 5) is 12.3. The van der Waals surface area contributed by atoms with Crippen LogP contribution in [-0.4, -0.2) is 22.5 Å². The van der Waals surface area contributed by atoms with Crippen molar-refractivity contribution in [1.29, 1.82) is 0 Å². The molecule has 4 nitrogen and oxygen atoms in total. The first kappa shape index (κ1) is 17.4. The molecule has 5 saturated carbocycles. The largest absolute Gasteiger partial charge is 0.458 e. The zero-order valence-corrected chi connectivity index (χ0v) is 17.5. The van der Waals surface area contributed by atoms with E-state index in [-0.39, 0.29) is 17.0 Å². The van der Waals surface area contributed by atoms with Crippen molar-refractivity contribution in [2.24, 2.45) is 51.5 Å². The van der Waals surface area contributed by atoms with E-state index in [1.165, 1.54) is 51.4 Å². The molecule has 8 atom stereocenters. The second-order valence-electron chi connectivity index (χ2n) is 11.6. The molecule has 4 heteroatoms. The average Bonchev–Trinajstić information content (AvgIpc) is 3.65. The Bertz CT molecular complexity index is 856.